The van der Waals surface area contributed by atoms with Gasteiger partial charge in [0.05, 0.1) is 6.67 Å². The van der Waals surface area contributed by atoms with E-state index in [0.29, 0.717) is 11.8 Å². The first-order valence-electron chi connectivity index (χ1n) is 13.7. The lowest BCUT2D eigenvalue weighted by Crippen LogP contribution is -2.47. The van der Waals surface area contributed by atoms with E-state index in [0.717, 1.165) is 37.9 Å². The van der Waals surface area contributed by atoms with E-state index in [1.165, 1.54) is 67.2 Å². The van der Waals surface area contributed by atoms with Crippen molar-refractivity contribution in [1.82, 2.24) is 4.90 Å². The SMILES string of the molecule is CC1(C)CCCC(C2=C(c3ccc(CC4CN(CCCF)C4)cc3)c3ccccc3CCC2)C1. The molecule has 0 N–H and O–H groups in total. The molecular formula is C32H42FN. The average Bonchev–Trinajstić information content (AvgIpc) is 3.00. The third-order valence-corrected chi connectivity index (χ3v) is 8.61. The molecule has 1 heterocycles. The van der Waals surface area contributed by atoms with Gasteiger partial charge in [-0.3, -0.25) is 4.39 Å². The minimum absolute atomic E-state index is 0.193. The van der Waals surface area contributed by atoms with Crippen LogP contribution in [0, 0.1) is 17.3 Å². The highest BCUT2D eigenvalue weighted by atomic mass is 19.1. The van der Waals surface area contributed by atoms with Crippen molar-refractivity contribution in [3.63, 3.8) is 0 Å². The van der Waals surface area contributed by atoms with Crippen LogP contribution in [0.1, 0.15) is 81.0 Å². The Balaban J connectivity index is 1.41. The zero-order chi connectivity index (χ0) is 23.5. The summed E-state index contributed by atoms with van der Waals surface area (Å²) in [5.74, 6) is 1.44. The zero-order valence-corrected chi connectivity index (χ0v) is 21.3. The Hall–Kier alpha value is -1.93. The Morgan fingerprint density at radius 1 is 0.971 bits per heavy atom. The van der Waals surface area contributed by atoms with E-state index in [9.17, 15) is 4.39 Å². The second-order valence-corrected chi connectivity index (χ2v) is 11.9. The summed E-state index contributed by atoms with van der Waals surface area (Å²) in [7, 11) is 0. The summed E-state index contributed by atoms with van der Waals surface area (Å²) in [6.07, 6.45) is 10.9. The summed E-state index contributed by atoms with van der Waals surface area (Å²) in [6.45, 7) is 7.92. The highest BCUT2D eigenvalue weighted by Gasteiger charge is 2.32. The lowest BCUT2D eigenvalue weighted by molar-refractivity contribution is 0.0968. The Morgan fingerprint density at radius 3 is 2.53 bits per heavy atom. The first-order chi connectivity index (χ1) is 16.5. The summed E-state index contributed by atoms with van der Waals surface area (Å²) < 4.78 is 12.4. The molecule has 2 aromatic carbocycles. The average molecular weight is 460 g/mol. The first-order valence-corrected chi connectivity index (χ1v) is 13.7. The maximum atomic E-state index is 12.4. The molecule has 3 aliphatic rings. The number of hydrogen-bond acceptors (Lipinski definition) is 1. The number of halogens is 1. The van der Waals surface area contributed by atoms with Crippen molar-refractivity contribution in [2.75, 3.05) is 26.3 Å². The van der Waals surface area contributed by atoms with Crippen LogP contribution in [-0.4, -0.2) is 31.2 Å². The summed E-state index contributed by atoms with van der Waals surface area (Å²) in [5.41, 5.74) is 9.59. The molecule has 0 spiro atoms. The quantitative estimate of drug-likeness (QED) is 0.407. The molecule has 2 fully saturated rings. The van der Waals surface area contributed by atoms with Gasteiger partial charge in [0, 0.05) is 19.6 Å². The molecular weight excluding hydrogens is 417 g/mol. The van der Waals surface area contributed by atoms with E-state index in [-0.39, 0.29) is 6.67 Å². The van der Waals surface area contributed by atoms with Crippen LogP contribution < -0.4 is 0 Å². The molecule has 0 bridgehead atoms. The molecule has 2 aromatic rings. The predicted octanol–water partition coefficient (Wildman–Crippen LogP) is 7.88. The van der Waals surface area contributed by atoms with Crippen molar-refractivity contribution in [1.29, 1.82) is 0 Å². The smallest absolute Gasteiger partial charge is 0.0906 e. The maximum absolute atomic E-state index is 12.4. The second kappa shape index (κ2) is 10.4. The highest BCUT2D eigenvalue weighted by molar-refractivity contribution is 5.84. The van der Waals surface area contributed by atoms with E-state index in [4.69, 9.17) is 0 Å². The number of allylic oxidation sites excluding steroid dienone is 1. The van der Waals surface area contributed by atoms with Gasteiger partial charge in [0.25, 0.3) is 0 Å². The molecule has 5 rings (SSSR count). The van der Waals surface area contributed by atoms with Gasteiger partial charge in [-0.1, -0.05) is 74.4 Å². The molecule has 1 aliphatic heterocycles. The van der Waals surface area contributed by atoms with Crippen molar-refractivity contribution in [2.45, 2.75) is 71.6 Å². The number of nitrogens with zero attached hydrogens (tertiary/aromatic N) is 1. The molecule has 2 heteroatoms. The van der Waals surface area contributed by atoms with E-state index in [1.54, 1.807) is 11.1 Å². The van der Waals surface area contributed by atoms with Crippen LogP contribution in [0.4, 0.5) is 4.39 Å². The molecule has 34 heavy (non-hydrogen) atoms. The predicted molar refractivity (Wildman–Crippen MR) is 142 cm³/mol. The fourth-order valence-corrected chi connectivity index (χ4v) is 6.91. The Labute approximate surface area is 206 Å². The summed E-state index contributed by atoms with van der Waals surface area (Å²) >= 11 is 0. The van der Waals surface area contributed by atoms with Crippen LogP contribution in [0.2, 0.25) is 0 Å². The fraction of sp³-hybridized carbons (Fsp3) is 0.562. The van der Waals surface area contributed by atoms with Gasteiger partial charge in [0.2, 0.25) is 0 Å². The van der Waals surface area contributed by atoms with Crippen LogP contribution in [0.25, 0.3) is 5.57 Å². The van der Waals surface area contributed by atoms with Crippen LogP contribution in [0.3, 0.4) is 0 Å². The Morgan fingerprint density at radius 2 is 1.76 bits per heavy atom. The summed E-state index contributed by atoms with van der Waals surface area (Å²) in [4.78, 5) is 2.39. The number of likely N-dealkylation sites (tertiary alicyclic amines) is 1. The van der Waals surface area contributed by atoms with E-state index < -0.39 is 0 Å². The number of rotatable bonds is 7. The van der Waals surface area contributed by atoms with E-state index in [2.05, 4.69) is 67.3 Å². The molecule has 182 valence electrons. The van der Waals surface area contributed by atoms with Gasteiger partial charge >= 0.3 is 0 Å². The van der Waals surface area contributed by atoms with E-state index in [1.807, 2.05) is 0 Å². The monoisotopic (exact) mass is 459 g/mol. The van der Waals surface area contributed by atoms with Crippen LogP contribution in [0.5, 0.6) is 0 Å². The minimum atomic E-state index is -0.193. The van der Waals surface area contributed by atoms with Crippen molar-refractivity contribution in [3.05, 3.63) is 76.4 Å². The van der Waals surface area contributed by atoms with E-state index >= 15 is 0 Å². The first kappa shape index (κ1) is 23.8. The third kappa shape index (κ3) is 5.33. The highest BCUT2D eigenvalue weighted by Crippen LogP contribution is 2.47. The zero-order valence-electron chi connectivity index (χ0n) is 21.3. The van der Waals surface area contributed by atoms with Gasteiger partial charge in [-0.2, -0.15) is 0 Å². The van der Waals surface area contributed by atoms with Gasteiger partial charge in [0.15, 0.2) is 0 Å². The summed E-state index contributed by atoms with van der Waals surface area (Å²) in [5, 5.41) is 0. The van der Waals surface area contributed by atoms with Gasteiger partial charge in [-0.25, -0.2) is 0 Å². The lowest BCUT2D eigenvalue weighted by atomic mass is 9.68. The normalized spacial score (nSPS) is 23.3. The third-order valence-electron chi connectivity index (χ3n) is 8.61. The topological polar surface area (TPSA) is 3.24 Å². The molecule has 0 aromatic heterocycles. The molecule has 0 radical (unpaired) electrons. The summed E-state index contributed by atoms with van der Waals surface area (Å²) in [6, 6.07) is 18.7. The Kier molecular flexibility index (Phi) is 7.25. The number of hydrogen-bond donors (Lipinski definition) is 0. The van der Waals surface area contributed by atoms with Crippen LogP contribution >= 0.6 is 0 Å². The standard InChI is InChI=1S/C32H42FN/c1-32(2)17-6-10-28(21-32)30-12-5-9-26-8-3-4-11-29(26)31(30)27-15-13-24(14-16-27)20-25-22-34(23-25)19-7-18-33/h3-4,8,11,13-16,25,28H,5-7,9-10,12,17-23H2,1-2H3. The van der Waals surface area contributed by atoms with Crippen molar-refractivity contribution >= 4 is 5.57 Å². The Bertz CT molecular complexity index is 996. The van der Waals surface area contributed by atoms with Gasteiger partial charge in [-0.05, 0) is 96.4 Å². The van der Waals surface area contributed by atoms with Crippen molar-refractivity contribution in [3.8, 4) is 0 Å². The molecule has 1 atom stereocenters. The molecule has 1 unspecified atom stereocenters. The number of aryl methyl sites for hydroxylation is 1. The number of alkyl halides is 1. The molecule has 2 aliphatic carbocycles. The maximum Gasteiger partial charge on any atom is 0.0906 e. The molecule has 1 saturated heterocycles. The minimum Gasteiger partial charge on any atom is -0.303 e. The van der Waals surface area contributed by atoms with Crippen LogP contribution in [-0.2, 0) is 12.8 Å². The van der Waals surface area contributed by atoms with Crippen molar-refractivity contribution < 1.29 is 4.39 Å². The molecule has 0 amide bonds. The number of benzene rings is 2. The van der Waals surface area contributed by atoms with Gasteiger partial charge in [-0.15, -0.1) is 0 Å². The molecule has 1 nitrogen and oxygen atoms in total. The lowest BCUT2D eigenvalue weighted by Gasteiger charge is -2.39. The molecule has 1 saturated carbocycles. The largest absolute Gasteiger partial charge is 0.303 e. The second-order valence-electron chi connectivity index (χ2n) is 11.9. The van der Waals surface area contributed by atoms with Gasteiger partial charge < -0.3 is 4.90 Å². The number of fused-ring (bicyclic) bond motifs is 1. The van der Waals surface area contributed by atoms with Gasteiger partial charge in [0.1, 0.15) is 0 Å². The van der Waals surface area contributed by atoms with Crippen molar-refractivity contribution in [2.24, 2.45) is 17.3 Å². The fourth-order valence-electron chi connectivity index (χ4n) is 6.91. The van der Waals surface area contributed by atoms with Crippen LogP contribution in [0.15, 0.2) is 54.1 Å².